The zero-order valence-corrected chi connectivity index (χ0v) is 9.65. The molecule has 0 fully saturated rings. The van der Waals surface area contributed by atoms with E-state index in [4.69, 9.17) is 10.5 Å². The molecule has 0 radical (unpaired) electrons. The van der Waals surface area contributed by atoms with Gasteiger partial charge in [0.05, 0.1) is 13.2 Å². The van der Waals surface area contributed by atoms with Crippen molar-refractivity contribution in [1.82, 2.24) is 9.97 Å². The molecule has 0 aliphatic heterocycles. The highest BCUT2D eigenvalue weighted by molar-refractivity contribution is 5.93. The number of ether oxygens (including phenoxy) is 1. The number of hydrogen-bond donors (Lipinski definition) is 2. The van der Waals surface area contributed by atoms with Crippen molar-refractivity contribution in [1.29, 1.82) is 0 Å². The standard InChI is InChI=1S/C10H16N4O2/c1-4-7(11)9(15)14-10-12-6(2)5-8(13-10)16-3/h5,7H,4,11H2,1-3H3,(H,12,13,14,15)/t7-/m0/s1. The lowest BCUT2D eigenvalue weighted by molar-refractivity contribution is -0.117. The summed E-state index contributed by atoms with van der Waals surface area (Å²) >= 11 is 0. The number of aromatic nitrogens is 2. The SMILES string of the molecule is CC[C@H](N)C(=O)Nc1nc(C)cc(OC)n1. The Kier molecular flexibility index (Phi) is 4.19. The minimum Gasteiger partial charge on any atom is -0.481 e. The molecule has 3 N–H and O–H groups in total. The summed E-state index contributed by atoms with van der Waals surface area (Å²) in [6.45, 7) is 3.63. The van der Waals surface area contributed by atoms with Crippen molar-refractivity contribution < 1.29 is 9.53 Å². The van der Waals surface area contributed by atoms with E-state index >= 15 is 0 Å². The molecule has 0 aliphatic carbocycles. The zero-order chi connectivity index (χ0) is 12.1. The van der Waals surface area contributed by atoms with E-state index in [9.17, 15) is 4.79 Å². The summed E-state index contributed by atoms with van der Waals surface area (Å²) in [6.07, 6.45) is 0.564. The molecule has 1 atom stereocenters. The second-order valence-electron chi connectivity index (χ2n) is 3.38. The molecule has 1 amide bonds. The lowest BCUT2D eigenvalue weighted by Crippen LogP contribution is -2.35. The van der Waals surface area contributed by atoms with Gasteiger partial charge in [0.2, 0.25) is 17.7 Å². The minimum absolute atomic E-state index is 0.214. The molecule has 0 bridgehead atoms. The normalized spacial score (nSPS) is 12.0. The van der Waals surface area contributed by atoms with Crippen LogP contribution in [0.4, 0.5) is 5.95 Å². The number of aryl methyl sites for hydroxylation is 1. The van der Waals surface area contributed by atoms with Gasteiger partial charge in [-0.2, -0.15) is 4.98 Å². The summed E-state index contributed by atoms with van der Waals surface area (Å²) in [5.74, 6) is 0.328. The first-order valence-electron chi connectivity index (χ1n) is 5.03. The quantitative estimate of drug-likeness (QED) is 0.775. The van der Waals surface area contributed by atoms with E-state index in [1.807, 2.05) is 6.92 Å². The van der Waals surface area contributed by atoms with Crippen LogP contribution in [0.2, 0.25) is 0 Å². The molecule has 0 aromatic carbocycles. The second-order valence-corrected chi connectivity index (χ2v) is 3.38. The average molecular weight is 224 g/mol. The average Bonchev–Trinajstić information content (AvgIpc) is 2.26. The van der Waals surface area contributed by atoms with E-state index in [2.05, 4.69) is 15.3 Å². The summed E-state index contributed by atoms with van der Waals surface area (Å²) in [5.41, 5.74) is 6.29. The highest BCUT2D eigenvalue weighted by Gasteiger charge is 2.13. The molecule has 0 spiro atoms. The molecule has 0 saturated carbocycles. The van der Waals surface area contributed by atoms with E-state index in [0.29, 0.717) is 18.0 Å². The zero-order valence-electron chi connectivity index (χ0n) is 9.65. The maximum atomic E-state index is 11.5. The van der Waals surface area contributed by atoms with E-state index in [1.165, 1.54) is 7.11 Å². The van der Waals surface area contributed by atoms with Crippen molar-refractivity contribution in [3.8, 4) is 5.88 Å². The van der Waals surface area contributed by atoms with Crippen LogP contribution in [0.1, 0.15) is 19.0 Å². The van der Waals surface area contributed by atoms with Gasteiger partial charge in [0.25, 0.3) is 0 Å². The maximum Gasteiger partial charge on any atom is 0.243 e. The number of anilines is 1. The number of methoxy groups -OCH3 is 1. The Hall–Kier alpha value is -1.69. The fourth-order valence-corrected chi connectivity index (χ4v) is 1.09. The van der Waals surface area contributed by atoms with Gasteiger partial charge in [-0.05, 0) is 13.3 Å². The topological polar surface area (TPSA) is 90.1 Å². The molecule has 6 heteroatoms. The maximum absolute atomic E-state index is 11.5. The number of nitrogens with two attached hydrogens (primary N) is 1. The molecule has 1 heterocycles. The smallest absolute Gasteiger partial charge is 0.243 e. The van der Waals surface area contributed by atoms with Gasteiger partial charge in [-0.15, -0.1) is 0 Å². The van der Waals surface area contributed by atoms with Crippen LogP contribution in [-0.4, -0.2) is 29.0 Å². The van der Waals surface area contributed by atoms with Gasteiger partial charge in [-0.3, -0.25) is 10.1 Å². The highest BCUT2D eigenvalue weighted by atomic mass is 16.5. The fraction of sp³-hybridized carbons (Fsp3) is 0.500. The van der Waals surface area contributed by atoms with Crippen LogP contribution in [0.15, 0.2) is 6.07 Å². The van der Waals surface area contributed by atoms with Crippen LogP contribution in [0.3, 0.4) is 0 Å². The van der Waals surface area contributed by atoms with E-state index in [0.717, 1.165) is 0 Å². The van der Waals surface area contributed by atoms with Crippen molar-refractivity contribution in [3.05, 3.63) is 11.8 Å². The van der Waals surface area contributed by atoms with Gasteiger partial charge >= 0.3 is 0 Å². The number of carbonyl (C=O) groups is 1. The van der Waals surface area contributed by atoms with E-state index in [1.54, 1.807) is 13.0 Å². The number of carbonyl (C=O) groups excluding carboxylic acids is 1. The molecular formula is C10H16N4O2. The Morgan fingerprint density at radius 1 is 1.62 bits per heavy atom. The third kappa shape index (κ3) is 3.16. The second kappa shape index (κ2) is 5.41. The highest BCUT2D eigenvalue weighted by Crippen LogP contribution is 2.11. The first-order valence-corrected chi connectivity index (χ1v) is 5.03. The number of rotatable bonds is 4. The van der Waals surface area contributed by atoms with Crippen molar-refractivity contribution in [2.45, 2.75) is 26.3 Å². The number of amides is 1. The monoisotopic (exact) mass is 224 g/mol. The lowest BCUT2D eigenvalue weighted by atomic mass is 10.2. The summed E-state index contributed by atoms with van der Waals surface area (Å²) in [7, 11) is 1.51. The van der Waals surface area contributed by atoms with Crippen LogP contribution in [0.25, 0.3) is 0 Å². The van der Waals surface area contributed by atoms with E-state index < -0.39 is 6.04 Å². The largest absolute Gasteiger partial charge is 0.481 e. The third-order valence-electron chi connectivity index (χ3n) is 2.05. The molecule has 0 unspecified atom stereocenters. The Labute approximate surface area is 94.2 Å². The molecule has 0 aliphatic rings. The van der Waals surface area contributed by atoms with Gasteiger partial charge in [0, 0.05) is 11.8 Å². The van der Waals surface area contributed by atoms with Crippen molar-refractivity contribution in [3.63, 3.8) is 0 Å². The van der Waals surface area contributed by atoms with Crippen LogP contribution in [0, 0.1) is 6.92 Å². The van der Waals surface area contributed by atoms with Gasteiger partial charge in [0.15, 0.2) is 0 Å². The van der Waals surface area contributed by atoms with Gasteiger partial charge < -0.3 is 10.5 Å². The minimum atomic E-state index is -0.546. The predicted octanol–water partition coefficient (Wildman–Crippen LogP) is 0.469. The molecule has 0 saturated heterocycles. The van der Waals surface area contributed by atoms with Crippen LogP contribution >= 0.6 is 0 Å². The van der Waals surface area contributed by atoms with Crippen molar-refractivity contribution >= 4 is 11.9 Å². The first-order chi connectivity index (χ1) is 7.56. The molecule has 6 nitrogen and oxygen atoms in total. The van der Waals surface area contributed by atoms with Crippen LogP contribution < -0.4 is 15.8 Å². The van der Waals surface area contributed by atoms with E-state index in [-0.39, 0.29) is 11.9 Å². The molecular weight excluding hydrogens is 208 g/mol. The van der Waals surface area contributed by atoms with Gasteiger partial charge in [-0.1, -0.05) is 6.92 Å². The Morgan fingerprint density at radius 3 is 2.88 bits per heavy atom. The van der Waals surface area contributed by atoms with Crippen LogP contribution in [0.5, 0.6) is 5.88 Å². The summed E-state index contributed by atoms with van der Waals surface area (Å²) in [6, 6.07) is 1.13. The van der Waals surface area contributed by atoms with Gasteiger partial charge in [0.1, 0.15) is 0 Å². The number of nitrogens with one attached hydrogen (secondary N) is 1. The van der Waals surface area contributed by atoms with Crippen molar-refractivity contribution in [2.24, 2.45) is 5.73 Å². The number of nitrogens with zero attached hydrogens (tertiary/aromatic N) is 2. The molecule has 1 rings (SSSR count). The van der Waals surface area contributed by atoms with Crippen LogP contribution in [-0.2, 0) is 4.79 Å². The first kappa shape index (κ1) is 12.4. The summed E-state index contributed by atoms with van der Waals surface area (Å²) < 4.78 is 4.97. The number of hydrogen-bond acceptors (Lipinski definition) is 5. The fourth-order valence-electron chi connectivity index (χ4n) is 1.09. The molecule has 16 heavy (non-hydrogen) atoms. The predicted molar refractivity (Wildman–Crippen MR) is 60.2 cm³/mol. The van der Waals surface area contributed by atoms with Gasteiger partial charge in [-0.25, -0.2) is 4.98 Å². The Bertz CT molecular complexity index is 381. The van der Waals surface area contributed by atoms with Crippen molar-refractivity contribution in [2.75, 3.05) is 12.4 Å². The molecule has 1 aromatic heterocycles. The Balaban J connectivity index is 2.81. The molecule has 88 valence electrons. The third-order valence-corrected chi connectivity index (χ3v) is 2.05. The summed E-state index contributed by atoms with van der Waals surface area (Å²) in [5, 5.41) is 2.54. The molecule has 1 aromatic rings. The lowest BCUT2D eigenvalue weighted by Gasteiger charge is -2.09. The summed E-state index contributed by atoms with van der Waals surface area (Å²) in [4.78, 5) is 19.5. The Morgan fingerprint density at radius 2 is 2.31 bits per heavy atom.